The van der Waals surface area contributed by atoms with Gasteiger partial charge in [0, 0.05) is 14.1 Å². The van der Waals surface area contributed by atoms with Gasteiger partial charge in [0.2, 0.25) is 0 Å². The third-order valence-corrected chi connectivity index (χ3v) is 3.61. The van der Waals surface area contributed by atoms with Crippen LogP contribution in [0.1, 0.15) is 29.0 Å². The van der Waals surface area contributed by atoms with Crippen molar-refractivity contribution in [1.82, 2.24) is 24.4 Å². The number of fused-ring (bicyclic) bond motifs is 1. The number of carbonyl (C=O) groups is 1. The SMILES string of the molecule is CC(c1ccccc1)n1cnc2ncc(C(=O)N(C)C)nc21. The van der Waals surface area contributed by atoms with E-state index in [-0.39, 0.29) is 11.9 Å². The fraction of sp³-hybridized carbons (Fsp3) is 0.250. The summed E-state index contributed by atoms with van der Waals surface area (Å²) < 4.78 is 1.93. The second-order valence-corrected chi connectivity index (χ2v) is 5.34. The van der Waals surface area contributed by atoms with Gasteiger partial charge in [-0.15, -0.1) is 0 Å². The first-order valence-corrected chi connectivity index (χ1v) is 7.04. The van der Waals surface area contributed by atoms with Crippen molar-refractivity contribution in [3.05, 3.63) is 54.1 Å². The van der Waals surface area contributed by atoms with Crippen molar-refractivity contribution in [1.29, 1.82) is 0 Å². The Morgan fingerprint density at radius 1 is 1.18 bits per heavy atom. The topological polar surface area (TPSA) is 63.9 Å². The molecule has 2 aromatic heterocycles. The van der Waals surface area contributed by atoms with E-state index in [4.69, 9.17) is 0 Å². The highest BCUT2D eigenvalue weighted by Crippen LogP contribution is 2.21. The van der Waals surface area contributed by atoms with Gasteiger partial charge in [0.05, 0.1) is 18.6 Å². The van der Waals surface area contributed by atoms with Crippen molar-refractivity contribution in [3.8, 4) is 0 Å². The standard InChI is InChI=1S/C16H17N5O/c1-11(12-7-5-4-6-8-12)21-10-18-14-15(21)19-13(9-17-14)16(22)20(2)3/h4-11H,1-3H3. The van der Waals surface area contributed by atoms with Gasteiger partial charge in [-0.25, -0.2) is 15.0 Å². The molecule has 0 N–H and O–H groups in total. The number of aromatic nitrogens is 4. The molecular formula is C16H17N5O. The maximum absolute atomic E-state index is 12.1. The van der Waals surface area contributed by atoms with Crippen LogP contribution in [0.3, 0.4) is 0 Å². The highest BCUT2D eigenvalue weighted by Gasteiger charge is 2.16. The molecule has 0 aliphatic carbocycles. The van der Waals surface area contributed by atoms with Crippen LogP contribution < -0.4 is 0 Å². The molecule has 1 aromatic carbocycles. The first-order chi connectivity index (χ1) is 10.6. The summed E-state index contributed by atoms with van der Waals surface area (Å²) in [5, 5.41) is 0. The Bertz CT molecular complexity index is 810. The van der Waals surface area contributed by atoms with Gasteiger partial charge in [-0.2, -0.15) is 0 Å². The first-order valence-electron chi connectivity index (χ1n) is 7.04. The molecular weight excluding hydrogens is 278 g/mol. The van der Waals surface area contributed by atoms with E-state index in [1.165, 1.54) is 11.1 Å². The molecule has 3 aromatic rings. The van der Waals surface area contributed by atoms with Crippen LogP contribution in [-0.2, 0) is 0 Å². The molecule has 0 aliphatic rings. The zero-order valence-electron chi connectivity index (χ0n) is 12.8. The Labute approximate surface area is 128 Å². The van der Waals surface area contributed by atoms with E-state index in [0.29, 0.717) is 17.0 Å². The number of carbonyl (C=O) groups excluding carboxylic acids is 1. The number of imidazole rings is 1. The van der Waals surface area contributed by atoms with Gasteiger partial charge in [-0.3, -0.25) is 4.79 Å². The minimum atomic E-state index is -0.172. The molecule has 0 spiro atoms. The molecule has 0 bridgehead atoms. The molecule has 0 saturated heterocycles. The molecule has 0 aliphatic heterocycles. The van der Waals surface area contributed by atoms with Crippen LogP contribution in [-0.4, -0.2) is 44.4 Å². The van der Waals surface area contributed by atoms with Crippen molar-refractivity contribution in [3.63, 3.8) is 0 Å². The molecule has 0 radical (unpaired) electrons. The van der Waals surface area contributed by atoms with E-state index < -0.39 is 0 Å². The van der Waals surface area contributed by atoms with Crippen LogP contribution in [0.4, 0.5) is 0 Å². The van der Waals surface area contributed by atoms with E-state index >= 15 is 0 Å². The smallest absolute Gasteiger partial charge is 0.273 e. The molecule has 3 rings (SSSR count). The molecule has 0 fully saturated rings. The van der Waals surface area contributed by atoms with Gasteiger partial charge in [0.1, 0.15) is 5.69 Å². The van der Waals surface area contributed by atoms with Gasteiger partial charge < -0.3 is 9.47 Å². The van der Waals surface area contributed by atoms with Gasteiger partial charge >= 0.3 is 0 Å². The predicted octanol–water partition coefficient (Wildman–Crippen LogP) is 2.14. The zero-order valence-corrected chi connectivity index (χ0v) is 12.8. The van der Waals surface area contributed by atoms with E-state index in [0.717, 1.165) is 5.56 Å². The average Bonchev–Trinajstić information content (AvgIpc) is 2.97. The van der Waals surface area contributed by atoms with E-state index in [9.17, 15) is 4.79 Å². The third-order valence-electron chi connectivity index (χ3n) is 3.61. The monoisotopic (exact) mass is 295 g/mol. The van der Waals surface area contributed by atoms with Crippen LogP contribution in [0.2, 0.25) is 0 Å². The number of rotatable bonds is 3. The zero-order chi connectivity index (χ0) is 15.7. The van der Waals surface area contributed by atoms with Crippen molar-refractivity contribution in [2.75, 3.05) is 14.1 Å². The van der Waals surface area contributed by atoms with E-state index in [1.807, 2.05) is 22.8 Å². The molecule has 0 saturated carbocycles. The average molecular weight is 295 g/mol. The predicted molar refractivity (Wildman–Crippen MR) is 83.6 cm³/mol. The lowest BCUT2D eigenvalue weighted by Crippen LogP contribution is -2.23. The molecule has 6 nitrogen and oxygen atoms in total. The number of nitrogens with zero attached hydrogens (tertiary/aromatic N) is 5. The lowest BCUT2D eigenvalue weighted by atomic mass is 10.1. The normalized spacial score (nSPS) is 12.3. The summed E-state index contributed by atoms with van der Waals surface area (Å²) in [5.74, 6) is -0.172. The van der Waals surface area contributed by atoms with E-state index in [2.05, 4.69) is 34.0 Å². The maximum Gasteiger partial charge on any atom is 0.273 e. The third kappa shape index (κ3) is 2.43. The van der Waals surface area contributed by atoms with Crippen molar-refractivity contribution in [2.24, 2.45) is 0 Å². The summed E-state index contributed by atoms with van der Waals surface area (Å²) in [7, 11) is 3.39. The maximum atomic E-state index is 12.1. The molecule has 1 amide bonds. The summed E-state index contributed by atoms with van der Waals surface area (Å²) >= 11 is 0. The van der Waals surface area contributed by atoms with Gasteiger partial charge in [-0.1, -0.05) is 30.3 Å². The second-order valence-electron chi connectivity index (χ2n) is 5.34. The van der Waals surface area contributed by atoms with Crippen LogP contribution in [0.25, 0.3) is 11.3 Å². The molecule has 1 atom stereocenters. The highest BCUT2D eigenvalue weighted by molar-refractivity contribution is 5.92. The largest absolute Gasteiger partial charge is 0.343 e. The Balaban J connectivity index is 2.07. The minimum absolute atomic E-state index is 0.0604. The summed E-state index contributed by atoms with van der Waals surface area (Å²) in [6, 6.07) is 10.1. The molecule has 112 valence electrons. The van der Waals surface area contributed by atoms with Gasteiger partial charge in [0.15, 0.2) is 11.3 Å². The lowest BCUT2D eigenvalue weighted by Gasteiger charge is -2.14. The number of hydrogen-bond donors (Lipinski definition) is 0. The van der Waals surface area contributed by atoms with Crippen molar-refractivity contribution in [2.45, 2.75) is 13.0 Å². The fourth-order valence-corrected chi connectivity index (χ4v) is 2.32. The van der Waals surface area contributed by atoms with Crippen LogP contribution in [0.15, 0.2) is 42.9 Å². The highest BCUT2D eigenvalue weighted by atomic mass is 16.2. The summed E-state index contributed by atoms with van der Waals surface area (Å²) in [5.41, 5.74) is 2.62. The molecule has 2 heterocycles. The number of hydrogen-bond acceptors (Lipinski definition) is 4. The molecule has 1 unspecified atom stereocenters. The van der Waals surface area contributed by atoms with Crippen LogP contribution in [0, 0.1) is 0 Å². The summed E-state index contributed by atoms with van der Waals surface area (Å²) in [6.07, 6.45) is 3.18. The Kier molecular flexibility index (Phi) is 3.58. The fourth-order valence-electron chi connectivity index (χ4n) is 2.32. The van der Waals surface area contributed by atoms with Crippen molar-refractivity contribution < 1.29 is 4.79 Å². The van der Waals surface area contributed by atoms with Crippen molar-refractivity contribution >= 4 is 17.2 Å². The Morgan fingerprint density at radius 3 is 2.59 bits per heavy atom. The summed E-state index contributed by atoms with van der Waals surface area (Å²) in [4.78, 5) is 26.5. The van der Waals surface area contributed by atoms with Gasteiger partial charge in [0.25, 0.3) is 5.91 Å². The lowest BCUT2D eigenvalue weighted by molar-refractivity contribution is 0.0822. The minimum Gasteiger partial charge on any atom is -0.343 e. The van der Waals surface area contributed by atoms with Crippen LogP contribution >= 0.6 is 0 Å². The quantitative estimate of drug-likeness (QED) is 0.742. The number of amides is 1. The summed E-state index contributed by atoms with van der Waals surface area (Å²) in [6.45, 7) is 2.07. The Morgan fingerprint density at radius 2 is 1.91 bits per heavy atom. The first kappa shape index (κ1) is 14.2. The molecule has 6 heteroatoms. The Hall–Kier alpha value is -2.76. The number of benzene rings is 1. The van der Waals surface area contributed by atoms with Gasteiger partial charge in [-0.05, 0) is 12.5 Å². The second kappa shape index (κ2) is 5.55. The molecule has 22 heavy (non-hydrogen) atoms. The van der Waals surface area contributed by atoms with Crippen LogP contribution in [0.5, 0.6) is 0 Å². The van der Waals surface area contributed by atoms with E-state index in [1.54, 1.807) is 20.4 Å².